The quantitative estimate of drug-likeness (QED) is 0.895. The van der Waals surface area contributed by atoms with E-state index in [9.17, 15) is 0 Å². The van der Waals surface area contributed by atoms with E-state index in [1.165, 1.54) is 5.56 Å². The minimum absolute atomic E-state index is 0.0714. The number of halogens is 1. The van der Waals surface area contributed by atoms with Crippen LogP contribution >= 0.6 is 15.9 Å². The van der Waals surface area contributed by atoms with Crippen LogP contribution in [0.3, 0.4) is 0 Å². The summed E-state index contributed by atoms with van der Waals surface area (Å²) in [5.41, 5.74) is 1.23. The lowest BCUT2D eigenvalue weighted by Crippen LogP contribution is -2.19. The summed E-state index contributed by atoms with van der Waals surface area (Å²) in [4.78, 5) is 0. The van der Waals surface area contributed by atoms with Crippen LogP contribution in [0, 0.1) is 17.2 Å². The highest BCUT2D eigenvalue weighted by Gasteiger charge is 1.98. The van der Waals surface area contributed by atoms with Crippen molar-refractivity contribution in [1.29, 1.82) is 5.26 Å². The molecule has 0 spiro atoms. The molecule has 1 unspecified atom stereocenters. The molecule has 14 heavy (non-hydrogen) atoms. The van der Waals surface area contributed by atoms with Crippen LogP contribution < -0.4 is 5.32 Å². The van der Waals surface area contributed by atoms with Crippen molar-refractivity contribution in [3.05, 3.63) is 34.3 Å². The maximum absolute atomic E-state index is 8.58. The number of rotatable bonds is 4. The molecule has 0 saturated heterocycles. The molecule has 1 aromatic carbocycles. The molecule has 2 nitrogen and oxygen atoms in total. The van der Waals surface area contributed by atoms with Crippen LogP contribution in [0.15, 0.2) is 28.7 Å². The van der Waals surface area contributed by atoms with Gasteiger partial charge in [0, 0.05) is 17.6 Å². The van der Waals surface area contributed by atoms with Crippen molar-refractivity contribution < 1.29 is 0 Å². The van der Waals surface area contributed by atoms with Gasteiger partial charge in [-0.3, -0.25) is 0 Å². The lowest BCUT2D eigenvalue weighted by molar-refractivity contribution is 0.601. The topological polar surface area (TPSA) is 35.8 Å². The van der Waals surface area contributed by atoms with Gasteiger partial charge in [-0.15, -0.1) is 0 Å². The molecule has 74 valence electrons. The van der Waals surface area contributed by atoms with Gasteiger partial charge in [0.2, 0.25) is 0 Å². The molecule has 0 saturated carbocycles. The average Bonchev–Trinajstić information content (AvgIpc) is 2.17. The Hall–Kier alpha value is -0.850. The van der Waals surface area contributed by atoms with E-state index in [1.807, 2.05) is 19.1 Å². The molecule has 0 amide bonds. The van der Waals surface area contributed by atoms with E-state index in [-0.39, 0.29) is 5.92 Å². The number of benzene rings is 1. The number of nitrogens with one attached hydrogen (secondary N) is 1. The Morgan fingerprint density at radius 3 is 3.00 bits per heavy atom. The Kier molecular flexibility index (Phi) is 4.64. The summed E-state index contributed by atoms with van der Waals surface area (Å²) < 4.78 is 1.09. The highest BCUT2D eigenvalue weighted by atomic mass is 79.9. The van der Waals surface area contributed by atoms with Crippen molar-refractivity contribution in [3.63, 3.8) is 0 Å². The summed E-state index contributed by atoms with van der Waals surface area (Å²) in [5.74, 6) is 0.0714. The van der Waals surface area contributed by atoms with Crippen molar-refractivity contribution in [3.8, 4) is 6.07 Å². The molecule has 1 rings (SSSR count). The predicted octanol–water partition coefficient (Wildman–Crippen LogP) is 2.70. The van der Waals surface area contributed by atoms with Crippen LogP contribution in [0.5, 0.6) is 0 Å². The third-order valence-electron chi connectivity index (χ3n) is 1.89. The fourth-order valence-electron chi connectivity index (χ4n) is 1.13. The Bertz CT molecular complexity index is 330. The first-order valence-electron chi connectivity index (χ1n) is 4.57. The second-order valence-electron chi connectivity index (χ2n) is 3.29. The molecule has 0 heterocycles. The summed E-state index contributed by atoms with van der Waals surface area (Å²) in [6, 6.07) is 10.3. The van der Waals surface area contributed by atoms with E-state index in [4.69, 9.17) is 5.26 Å². The maximum atomic E-state index is 8.58. The molecule has 3 heteroatoms. The van der Waals surface area contributed by atoms with E-state index in [2.05, 4.69) is 39.4 Å². The lowest BCUT2D eigenvalue weighted by Gasteiger charge is -2.05. The molecule has 0 aliphatic carbocycles. The highest BCUT2D eigenvalue weighted by Crippen LogP contribution is 2.11. The van der Waals surface area contributed by atoms with Crippen molar-refractivity contribution in [2.24, 2.45) is 5.92 Å². The summed E-state index contributed by atoms with van der Waals surface area (Å²) in [6.07, 6.45) is 0. The van der Waals surface area contributed by atoms with E-state index in [0.29, 0.717) is 0 Å². The van der Waals surface area contributed by atoms with Gasteiger partial charge in [0.05, 0.1) is 12.0 Å². The Morgan fingerprint density at radius 1 is 1.57 bits per heavy atom. The van der Waals surface area contributed by atoms with Crippen molar-refractivity contribution in [2.45, 2.75) is 13.5 Å². The van der Waals surface area contributed by atoms with E-state index >= 15 is 0 Å². The van der Waals surface area contributed by atoms with Crippen LogP contribution in [-0.4, -0.2) is 6.54 Å². The minimum atomic E-state index is 0.0714. The van der Waals surface area contributed by atoms with Gasteiger partial charge in [-0.1, -0.05) is 28.1 Å². The van der Waals surface area contributed by atoms with Crippen molar-refractivity contribution in [2.75, 3.05) is 6.54 Å². The molecule has 0 aromatic heterocycles. The fourth-order valence-corrected chi connectivity index (χ4v) is 1.57. The summed E-state index contributed by atoms with van der Waals surface area (Å²) in [5, 5.41) is 11.8. The second kappa shape index (κ2) is 5.79. The zero-order valence-electron chi connectivity index (χ0n) is 8.13. The zero-order valence-corrected chi connectivity index (χ0v) is 9.71. The summed E-state index contributed by atoms with van der Waals surface area (Å²) >= 11 is 3.42. The highest BCUT2D eigenvalue weighted by molar-refractivity contribution is 9.10. The average molecular weight is 253 g/mol. The van der Waals surface area contributed by atoms with Gasteiger partial charge in [-0.25, -0.2) is 0 Å². The van der Waals surface area contributed by atoms with Crippen LogP contribution in [0.4, 0.5) is 0 Å². The smallest absolute Gasteiger partial charge is 0.0666 e. The normalized spacial score (nSPS) is 12.1. The fraction of sp³-hybridized carbons (Fsp3) is 0.364. The van der Waals surface area contributed by atoms with Crippen LogP contribution in [0.25, 0.3) is 0 Å². The van der Waals surface area contributed by atoms with Gasteiger partial charge in [-0.05, 0) is 24.6 Å². The third-order valence-corrected chi connectivity index (χ3v) is 2.38. The first kappa shape index (κ1) is 11.2. The molecule has 0 aliphatic heterocycles. The molecule has 0 aliphatic rings. The number of nitriles is 1. The third kappa shape index (κ3) is 3.91. The molecule has 1 atom stereocenters. The molecule has 0 radical (unpaired) electrons. The lowest BCUT2D eigenvalue weighted by atomic mass is 10.2. The molecule has 0 bridgehead atoms. The van der Waals surface area contributed by atoms with E-state index < -0.39 is 0 Å². The van der Waals surface area contributed by atoms with Crippen LogP contribution in [-0.2, 0) is 6.54 Å². The first-order valence-corrected chi connectivity index (χ1v) is 5.36. The Balaban J connectivity index is 2.36. The van der Waals surface area contributed by atoms with Crippen molar-refractivity contribution >= 4 is 15.9 Å². The van der Waals surface area contributed by atoms with Gasteiger partial charge in [0.1, 0.15) is 0 Å². The standard InChI is InChI=1S/C11H13BrN2/c1-9(6-13)7-14-8-10-3-2-4-11(12)5-10/h2-5,9,14H,7-8H2,1H3. The van der Waals surface area contributed by atoms with Crippen LogP contribution in [0.2, 0.25) is 0 Å². The van der Waals surface area contributed by atoms with Gasteiger partial charge in [0.25, 0.3) is 0 Å². The van der Waals surface area contributed by atoms with E-state index in [0.717, 1.165) is 17.6 Å². The second-order valence-corrected chi connectivity index (χ2v) is 4.21. The van der Waals surface area contributed by atoms with Gasteiger partial charge < -0.3 is 5.32 Å². The minimum Gasteiger partial charge on any atom is -0.311 e. The molecular formula is C11H13BrN2. The van der Waals surface area contributed by atoms with Crippen molar-refractivity contribution in [1.82, 2.24) is 5.32 Å². The first-order chi connectivity index (χ1) is 6.72. The molecule has 1 aromatic rings. The van der Waals surface area contributed by atoms with E-state index in [1.54, 1.807) is 0 Å². The number of hydrogen-bond acceptors (Lipinski definition) is 2. The Labute approximate surface area is 93.1 Å². The van der Waals surface area contributed by atoms with Gasteiger partial charge in [0.15, 0.2) is 0 Å². The largest absolute Gasteiger partial charge is 0.311 e. The molecule has 1 N–H and O–H groups in total. The maximum Gasteiger partial charge on any atom is 0.0666 e. The van der Waals surface area contributed by atoms with Gasteiger partial charge in [-0.2, -0.15) is 5.26 Å². The molecular weight excluding hydrogens is 240 g/mol. The number of hydrogen-bond donors (Lipinski definition) is 1. The predicted molar refractivity (Wildman–Crippen MR) is 60.6 cm³/mol. The zero-order chi connectivity index (χ0) is 10.4. The Morgan fingerprint density at radius 2 is 2.36 bits per heavy atom. The summed E-state index contributed by atoms with van der Waals surface area (Å²) in [6.45, 7) is 3.46. The molecule has 0 fully saturated rings. The van der Waals surface area contributed by atoms with Crippen LogP contribution in [0.1, 0.15) is 12.5 Å². The summed E-state index contributed by atoms with van der Waals surface area (Å²) in [7, 11) is 0. The SMILES string of the molecule is CC(C#N)CNCc1cccc(Br)c1. The monoisotopic (exact) mass is 252 g/mol. The number of nitrogens with zero attached hydrogens (tertiary/aromatic N) is 1. The van der Waals surface area contributed by atoms with Gasteiger partial charge >= 0.3 is 0 Å².